The van der Waals surface area contributed by atoms with Crippen molar-refractivity contribution in [2.24, 2.45) is 0 Å². The van der Waals surface area contributed by atoms with E-state index in [0.717, 1.165) is 27.5 Å². The van der Waals surface area contributed by atoms with Gasteiger partial charge in [-0.15, -0.1) is 0 Å². The minimum atomic E-state index is -6.34. The van der Waals surface area contributed by atoms with Gasteiger partial charge in [0.1, 0.15) is 0 Å². The second kappa shape index (κ2) is 8.92. The van der Waals surface area contributed by atoms with Crippen molar-refractivity contribution in [2.75, 3.05) is 0 Å². The molecule has 7 aromatic rings. The summed E-state index contributed by atoms with van der Waals surface area (Å²) in [5.74, 6) is 1.58. The molecule has 5 heterocycles. The normalized spacial score (nSPS) is 12.4. The summed E-state index contributed by atoms with van der Waals surface area (Å²) in [6.07, 6.45) is 0. The van der Waals surface area contributed by atoms with E-state index in [1.807, 2.05) is 72.8 Å². The molecule has 0 saturated carbocycles. The molecular weight excluding hydrogens is 728 g/mol. The fourth-order valence-electron chi connectivity index (χ4n) is 5.87. The van der Waals surface area contributed by atoms with Crippen LogP contribution < -0.4 is 3.95 Å². The van der Waals surface area contributed by atoms with Crippen LogP contribution in [0.3, 0.4) is 0 Å². The third-order valence-corrected chi connectivity index (χ3v) is 11.0. The Morgan fingerprint density at radius 1 is 0.409 bits per heavy atom. The number of benzene rings is 4. The summed E-state index contributed by atoms with van der Waals surface area (Å²) in [6, 6.07) is 27.5. The minimum absolute atomic E-state index is 0.160. The van der Waals surface area contributed by atoms with Crippen LogP contribution in [0.25, 0.3) is 89.7 Å². The molecule has 4 aromatic carbocycles. The molecule has 0 spiro atoms. The molecule has 44 heavy (non-hydrogen) atoms. The molecule has 209 valence electrons. The van der Waals surface area contributed by atoms with Crippen LogP contribution in [0.2, 0.25) is 0 Å². The van der Waals surface area contributed by atoms with Gasteiger partial charge in [0.25, 0.3) is 0 Å². The SMILES string of the molecule is [O]=[W](=[O])(=[O])[c]1cccc2c3nc4nc(nc5[nH]c(nc6nc(nc([nH]3)c12)-c1ccccc1-6)c1ccccc51)-c1ccccc1-4. The zero-order chi connectivity index (χ0) is 29.6. The summed E-state index contributed by atoms with van der Waals surface area (Å²) in [6.45, 7) is 0. The number of hydrogen-bond donors (Lipinski definition) is 2. The topological polar surface area (TPSA) is 160 Å². The molecule has 0 radical (unpaired) electrons. The van der Waals surface area contributed by atoms with E-state index < -0.39 is 15.9 Å². The first-order valence-electron chi connectivity index (χ1n) is 13.6. The van der Waals surface area contributed by atoms with Crippen LogP contribution >= 0.6 is 0 Å². The molecule has 9 rings (SSSR count). The van der Waals surface area contributed by atoms with Gasteiger partial charge < -0.3 is 0 Å². The van der Waals surface area contributed by atoms with E-state index in [9.17, 15) is 10.2 Å². The van der Waals surface area contributed by atoms with Crippen molar-refractivity contribution in [2.45, 2.75) is 0 Å². The van der Waals surface area contributed by atoms with E-state index in [4.69, 9.17) is 29.9 Å². The Balaban J connectivity index is 1.54. The van der Waals surface area contributed by atoms with E-state index in [1.54, 1.807) is 6.07 Å². The van der Waals surface area contributed by atoms with Crippen LogP contribution in [0, 0.1) is 0 Å². The van der Waals surface area contributed by atoms with E-state index in [2.05, 4.69) is 9.97 Å². The molecule has 0 saturated heterocycles. The summed E-state index contributed by atoms with van der Waals surface area (Å²) >= 11 is -6.34. The van der Waals surface area contributed by atoms with Gasteiger partial charge in [0, 0.05) is 0 Å². The molecule has 3 aromatic heterocycles. The van der Waals surface area contributed by atoms with Gasteiger partial charge in [0.2, 0.25) is 0 Å². The zero-order valence-electron chi connectivity index (χ0n) is 22.5. The monoisotopic (exact) mass is 745 g/mol. The second-order valence-corrected chi connectivity index (χ2v) is 15.2. The summed E-state index contributed by atoms with van der Waals surface area (Å²) in [4.78, 5) is 35.7. The second-order valence-electron chi connectivity index (χ2n) is 10.4. The van der Waals surface area contributed by atoms with Gasteiger partial charge in [-0.3, -0.25) is 0 Å². The van der Waals surface area contributed by atoms with Crippen molar-refractivity contribution >= 4 is 48.1 Å². The van der Waals surface area contributed by atoms with E-state index in [-0.39, 0.29) is 15.0 Å². The Morgan fingerprint density at radius 2 is 0.795 bits per heavy atom. The van der Waals surface area contributed by atoms with Crippen molar-refractivity contribution < 1.29 is 26.1 Å². The fraction of sp³-hybridized carbons (Fsp3) is 0. The molecule has 12 heteroatoms. The van der Waals surface area contributed by atoms with Crippen LogP contribution in [0.5, 0.6) is 0 Å². The number of fused-ring (bicyclic) bond motifs is 20. The first kappa shape index (κ1) is 24.9. The summed E-state index contributed by atoms with van der Waals surface area (Å²) in [7, 11) is 0. The van der Waals surface area contributed by atoms with Gasteiger partial charge in [-0.05, 0) is 0 Å². The van der Waals surface area contributed by atoms with Gasteiger partial charge in [0.05, 0.1) is 0 Å². The Bertz CT molecular complexity index is 2730. The molecule has 2 aliphatic rings. The van der Waals surface area contributed by atoms with Gasteiger partial charge in [-0.2, -0.15) is 0 Å². The maximum absolute atomic E-state index is 12.5. The molecule has 0 fully saturated rings. The molecule has 8 bridgehead atoms. The molecule has 11 nitrogen and oxygen atoms in total. The Labute approximate surface area is 249 Å². The predicted octanol–water partition coefficient (Wildman–Crippen LogP) is 5.68. The Morgan fingerprint density at radius 3 is 1.27 bits per heavy atom. The molecule has 2 aliphatic heterocycles. The first-order valence-corrected chi connectivity index (χ1v) is 18.7. The van der Waals surface area contributed by atoms with Crippen LogP contribution in [0.1, 0.15) is 0 Å². The quantitative estimate of drug-likeness (QED) is 0.215. The number of aromatic nitrogens is 8. The average molecular weight is 745 g/mol. The number of rotatable bonds is 1. The number of nitrogens with one attached hydrogen (secondary N) is 2. The number of nitrogens with zero attached hydrogens (tertiary/aromatic N) is 6. The van der Waals surface area contributed by atoms with Crippen LogP contribution in [-0.2, 0) is 26.1 Å². The van der Waals surface area contributed by atoms with Crippen molar-refractivity contribution in [3.8, 4) is 45.6 Å². The van der Waals surface area contributed by atoms with Crippen molar-refractivity contribution in [3.05, 3.63) is 91.0 Å². The summed E-state index contributed by atoms with van der Waals surface area (Å²) in [5, 5.41) is 2.34. The van der Waals surface area contributed by atoms with Gasteiger partial charge in [-0.1, -0.05) is 6.07 Å². The van der Waals surface area contributed by atoms with Gasteiger partial charge in [-0.25, -0.2) is 0 Å². The number of hydrogen-bond acceptors (Lipinski definition) is 9. The molecule has 0 atom stereocenters. The predicted molar refractivity (Wildman–Crippen MR) is 158 cm³/mol. The van der Waals surface area contributed by atoms with Crippen molar-refractivity contribution in [1.82, 2.24) is 39.9 Å². The number of H-pyrrole nitrogens is 2. The Hall–Kier alpha value is -5.67. The average Bonchev–Trinajstić information content (AvgIpc) is 3.76. The third kappa shape index (κ3) is 3.66. The van der Waals surface area contributed by atoms with Crippen molar-refractivity contribution in [3.63, 3.8) is 0 Å². The summed E-state index contributed by atoms with van der Waals surface area (Å²) < 4.78 is 37.3. The zero-order valence-corrected chi connectivity index (χ0v) is 25.4. The summed E-state index contributed by atoms with van der Waals surface area (Å²) in [5.41, 5.74) is 4.64. The van der Waals surface area contributed by atoms with Gasteiger partial charge in [0.15, 0.2) is 0 Å². The van der Waals surface area contributed by atoms with Gasteiger partial charge >= 0.3 is 245 Å². The van der Waals surface area contributed by atoms with E-state index in [1.165, 1.54) is 12.1 Å². The third-order valence-electron chi connectivity index (χ3n) is 7.81. The molecule has 0 unspecified atom stereocenters. The maximum atomic E-state index is 12.5. The van der Waals surface area contributed by atoms with Crippen LogP contribution in [-0.4, -0.2) is 39.9 Å². The number of aromatic amines is 2. The van der Waals surface area contributed by atoms with E-state index >= 15 is 0 Å². The molecule has 2 N–H and O–H groups in total. The van der Waals surface area contributed by atoms with Crippen LogP contribution in [0.15, 0.2) is 91.0 Å². The Kier molecular flexibility index (Phi) is 5.04. The molecule has 0 aliphatic carbocycles. The first-order chi connectivity index (χ1) is 21.4. The fourth-order valence-corrected chi connectivity index (χ4v) is 8.39. The molecule has 0 amide bonds. The van der Waals surface area contributed by atoms with Crippen molar-refractivity contribution in [1.29, 1.82) is 0 Å². The standard InChI is InChI=1S/C32H17N8.3O.W/c1-2-10-18-17(9-1)25-33-26(18)38-28-21-13-5-6-14-22(21)30(35-28)40-32-24-16-8-7-15-23(24)31(36-32)39-29-20-12-4-3-11-19(20)27(34-29)37-25;;;;/h1-15H,(H2,33,34,35,36,37,38,39,40);;;;. The van der Waals surface area contributed by atoms with Crippen LogP contribution in [0.4, 0.5) is 0 Å². The molecular formula is C32H17N8O3W. The van der Waals surface area contributed by atoms with E-state index in [0.29, 0.717) is 51.2 Å².